The Labute approximate surface area is 142 Å². The van der Waals surface area contributed by atoms with Crippen LogP contribution in [0.4, 0.5) is 16.2 Å². The summed E-state index contributed by atoms with van der Waals surface area (Å²) in [6.45, 7) is 11.7. The Kier molecular flexibility index (Phi) is 4.22. The van der Waals surface area contributed by atoms with Crippen LogP contribution in [0, 0.1) is 5.92 Å². The van der Waals surface area contributed by atoms with E-state index in [0.29, 0.717) is 17.9 Å². The molecule has 2 heterocycles. The Bertz CT molecular complexity index is 631. The van der Waals surface area contributed by atoms with Crippen LogP contribution in [0.2, 0.25) is 0 Å². The SMILES string of the molecule is [B]N(CC(C)[C@H]1[C@@H](C)c2cccc3c2N1PC(=O)N3)C(C)(C)C. The van der Waals surface area contributed by atoms with E-state index in [1.807, 2.05) is 16.9 Å². The van der Waals surface area contributed by atoms with Crippen molar-refractivity contribution in [2.45, 2.75) is 52.1 Å². The summed E-state index contributed by atoms with van der Waals surface area (Å²) in [5.74, 6) is 0.765. The highest BCUT2D eigenvalue weighted by Crippen LogP contribution is 2.54. The van der Waals surface area contributed by atoms with Gasteiger partial charge in [-0.3, -0.25) is 4.79 Å². The quantitative estimate of drug-likeness (QED) is 0.674. The number of anilines is 2. The Balaban J connectivity index is 1.90. The van der Waals surface area contributed by atoms with Gasteiger partial charge in [-0.1, -0.05) is 26.0 Å². The number of hydrogen-bond acceptors (Lipinski definition) is 3. The normalized spacial score (nSPS) is 25.7. The summed E-state index contributed by atoms with van der Waals surface area (Å²) in [6, 6.07) is 6.53. The molecule has 0 spiro atoms. The predicted molar refractivity (Wildman–Crippen MR) is 99.8 cm³/mol. The summed E-state index contributed by atoms with van der Waals surface area (Å²) in [7, 11) is 6.42. The highest BCUT2D eigenvalue weighted by atomic mass is 31.1. The molecule has 122 valence electrons. The average Bonchev–Trinajstić information content (AvgIpc) is 2.72. The van der Waals surface area contributed by atoms with Gasteiger partial charge < -0.3 is 14.8 Å². The molecule has 2 unspecified atom stereocenters. The van der Waals surface area contributed by atoms with Crippen molar-refractivity contribution in [2.24, 2.45) is 5.92 Å². The second-order valence-electron chi connectivity index (χ2n) is 7.76. The van der Waals surface area contributed by atoms with E-state index in [-0.39, 0.29) is 19.9 Å². The van der Waals surface area contributed by atoms with E-state index in [9.17, 15) is 4.79 Å². The van der Waals surface area contributed by atoms with E-state index in [1.54, 1.807) is 0 Å². The lowest BCUT2D eigenvalue weighted by molar-refractivity contribution is 0.216. The molecule has 6 heteroatoms. The van der Waals surface area contributed by atoms with Crippen molar-refractivity contribution in [2.75, 3.05) is 16.5 Å². The maximum Gasteiger partial charge on any atom is 0.263 e. The standard InChI is InChI=1S/C17H25BN3OP/c1-10(9-20(18)17(3,4)5)14-11(2)12-7-6-8-13-15(12)21(14)23-16(22)19-13/h6-8,10-11,14,23H,9H2,1-5H3,(H,19,22)/t10?,11-,14-/m0/s1. The van der Waals surface area contributed by atoms with Crippen molar-refractivity contribution in [1.29, 1.82) is 0 Å². The highest BCUT2D eigenvalue weighted by molar-refractivity contribution is 7.60. The molecule has 1 aromatic carbocycles. The van der Waals surface area contributed by atoms with Crippen molar-refractivity contribution in [3.8, 4) is 0 Å². The monoisotopic (exact) mass is 329 g/mol. The number of nitrogens with one attached hydrogen (secondary N) is 1. The molecule has 2 aliphatic rings. The lowest BCUT2D eigenvalue weighted by Gasteiger charge is -2.40. The van der Waals surface area contributed by atoms with Crippen LogP contribution in [0.5, 0.6) is 0 Å². The van der Waals surface area contributed by atoms with Crippen molar-refractivity contribution < 1.29 is 4.79 Å². The lowest BCUT2D eigenvalue weighted by Crippen LogP contribution is -2.47. The molecule has 1 amide bonds. The van der Waals surface area contributed by atoms with E-state index in [1.165, 1.54) is 11.3 Å². The van der Waals surface area contributed by atoms with Crippen molar-refractivity contribution in [3.63, 3.8) is 0 Å². The Hall–Kier alpha value is -1.06. The lowest BCUT2D eigenvalue weighted by atomic mass is 9.87. The minimum atomic E-state index is -0.0598. The zero-order valence-electron chi connectivity index (χ0n) is 14.6. The molecule has 0 saturated heterocycles. The number of benzene rings is 1. The summed E-state index contributed by atoms with van der Waals surface area (Å²) in [5.41, 5.74) is 3.55. The summed E-state index contributed by atoms with van der Waals surface area (Å²) in [5, 5.41) is 3.01. The van der Waals surface area contributed by atoms with Gasteiger partial charge >= 0.3 is 0 Å². The molecule has 4 nitrogen and oxygen atoms in total. The van der Waals surface area contributed by atoms with Crippen LogP contribution in [-0.2, 0) is 0 Å². The Morgan fingerprint density at radius 2 is 2.13 bits per heavy atom. The van der Waals surface area contributed by atoms with E-state index in [0.717, 1.165) is 12.2 Å². The fraction of sp³-hybridized carbons (Fsp3) is 0.588. The van der Waals surface area contributed by atoms with Gasteiger partial charge in [0.1, 0.15) is 0 Å². The van der Waals surface area contributed by atoms with Gasteiger partial charge in [-0.2, -0.15) is 0 Å². The third-order valence-electron chi connectivity index (χ3n) is 5.01. The van der Waals surface area contributed by atoms with Gasteiger partial charge in [0.2, 0.25) is 0 Å². The first kappa shape index (κ1) is 16.8. The van der Waals surface area contributed by atoms with Crippen LogP contribution < -0.4 is 9.99 Å². The molecule has 0 aliphatic carbocycles. The van der Waals surface area contributed by atoms with Crippen LogP contribution in [-0.4, -0.2) is 36.6 Å². The maximum atomic E-state index is 12.1. The molecular formula is C17H25BN3OP. The summed E-state index contributed by atoms with van der Waals surface area (Å²) in [6.07, 6.45) is 0. The molecule has 0 aromatic heterocycles. The van der Waals surface area contributed by atoms with E-state index < -0.39 is 0 Å². The first-order valence-electron chi connectivity index (χ1n) is 8.22. The zero-order chi connectivity index (χ0) is 16.9. The molecule has 0 bridgehead atoms. The molecule has 1 aromatic rings. The first-order valence-corrected chi connectivity index (χ1v) is 9.17. The van der Waals surface area contributed by atoms with Gasteiger partial charge in [0.15, 0.2) is 7.98 Å². The highest BCUT2D eigenvalue weighted by Gasteiger charge is 2.43. The molecule has 23 heavy (non-hydrogen) atoms. The van der Waals surface area contributed by atoms with Crippen LogP contribution >= 0.6 is 8.73 Å². The number of carbonyl (C=O) groups is 1. The fourth-order valence-corrected chi connectivity index (χ4v) is 5.08. The van der Waals surface area contributed by atoms with Gasteiger partial charge in [-0.05, 0) is 44.9 Å². The van der Waals surface area contributed by atoms with Crippen molar-refractivity contribution in [3.05, 3.63) is 23.8 Å². The van der Waals surface area contributed by atoms with Crippen molar-refractivity contribution >= 4 is 33.7 Å². The third kappa shape index (κ3) is 2.90. The van der Waals surface area contributed by atoms with E-state index in [2.05, 4.69) is 50.7 Å². The maximum absolute atomic E-state index is 12.1. The molecule has 3 rings (SSSR count). The summed E-state index contributed by atoms with van der Waals surface area (Å²) in [4.78, 5) is 14.0. The van der Waals surface area contributed by atoms with Gasteiger partial charge in [-0.25, -0.2) is 0 Å². The summed E-state index contributed by atoms with van der Waals surface area (Å²) < 4.78 is 2.31. The van der Waals surface area contributed by atoms with Crippen molar-refractivity contribution in [1.82, 2.24) is 4.81 Å². The molecule has 4 atom stereocenters. The van der Waals surface area contributed by atoms with Crippen LogP contribution in [0.25, 0.3) is 0 Å². The second kappa shape index (κ2) is 5.79. The second-order valence-corrected chi connectivity index (χ2v) is 8.92. The van der Waals surface area contributed by atoms with Gasteiger partial charge in [0.05, 0.1) is 20.1 Å². The topological polar surface area (TPSA) is 35.6 Å². The minimum absolute atomic E-state index is 0.0598. The number of para-hydroxylation sites is 1. The zero-order valence-corrected chi connectivity index (χ0v) is 15.6. The molecule has 2 radical (unpaired) electrons. The molecule has 0 saturated carbocycles. The van der Waals surface area contributed by atoms with Gasteiger partial charge in [-0.15, -0.1) is 0 Å². The molecule has 0 fully saturated rings. The van der Waals surface area contributed by atoms with Gasteiger partial charge in [0, 0.05) is 17.5 Å². The Morgan fingerprint density at radius 1 is 1.43 bits per heavy atom. The number of amides is 1. The number of hydrogen-bond donors (Lipinski definition) is 1. The first-order chi connectivity index (χ1) is 10.7. The smallest absolute Gasteiger partial charge is 0.263 e. The Morgan fingerprint density at radius 3 is 2.78 bits per heavy atom. The molecule has 1 N–H and O–H groups in total. The van der Waals surface area contributed by atoms with Crippen LogP contribution in [0.3, 0.4) is 0 Å². The summed E-state index contributed by atoms with van der Waals surface area (Å²) >= 11 is 0. The molecular weight excluding hydrogens is 304 g/mol. The van der Waals surface area contributed by atoms with Gasteiger partial charge in [0.25, 0.3) is 5.65 Å². The predicted octanol–water partition coefficient (Wildman–Crippen LogP) is 3.94. The number of rotatable bonds is 3. The minimum Gasteiger partial charge on any atom is -0.349 e. The largest absolute Gasteiger partial charge is 0.349 e. The average molecular weight is 329 g/mol. The van der Waals surface area contributed by atoms with Crippen LogP contribution in [0.1, 0.15) is 46.1 Å². The number of carbonyl (C=O) groups excluding carboxylic acids is 1. The third-order valence-corrected chi connectivity index (χ3v) is 6.10. The number of nitrogens with zero attached hydrogens (tertiary/aromatic N) is 2. The van der Waals surface area contributed by atoms with E-state index >= 15 is 0 Å². The van der Waals surface area contributed by atoms with E-state index in [4.69, 9.17) is 7.98 Å². The molecule has 2 aliphatic heterocycles. The fourth-order valence-electron chi connectivity index (χ4n) is 3.68. The van der Waals surface area contributed by atoms with Crippen LogP contribution in [0.15, 0.2) is 18.2 Å².